The summed E-state index contributed by atoms with van der Waals surface area (Å²) in [5.74, 6) is -2.62. The van der Waals surface area contributed by atoms with Crippen LogP contribution in [0.1, 0.15) is 12.5 Å². The molecule has 7 nitrogen and oxygen atoms in total. The Labute approximate surface area is 144 Å². The first-order valence-electron chi connectivity index (χ1n) is 7.73. The van der Waals surface area contributed by atoms with Crippen molar-refractivity contribution in [2.24, 2.45) is 10.9 Å². The number of ether oxygens (including phenoxy) is 1. The van der Waals surface area contributed by atoms with Gasteiger partial charge in [-0.3, -0.25) is 19.3 Å². The van der Waals surface area contributed by atoms with Crippen LogP contribution < -0.4 is 10.1 Å². The van der Waals surface area contributed by atoms with Crippen molar-refractivity contribution in [1.29, 1.82) is 0 Å². The van der Waals surface area contributed by atoms with Crippen LogP contribution in [0.3, 0.4) is 0 Å². The summed E-state index contributed by atoms with van der Waals surface area (Å²) in [6, 6.07) is 7.18. The second-order valence-corrected chi connectivity index (χ2v) is 5.64. The quantitative estimate of drug-likeness (QED) is 0.834. The number of carbonyl (C=O) groups is 3. The van der Waals surface area contributed by atoms with Crippen molar-refractivity contribution in [1.82, 2.24) is 10.2 Å². The van der Waals surface area contributed by atoms with Gasteiger partial charge in [0, 0.05) is 18.3 Å². The van der Waals surface area contributed by atoms with Crippen molar-refractivity contribution in [2.45, 2.75) is 13.5 Å². The third kappa shape index (κ3) is 3.08. The van der Waals surface area contributed by atoms with Gasteiger partial charge in [0.2, 0.25) is 5.91 Å². The number of amides is 3. The average molecular weight is 339 g/mol. The van der Waals surface area contributed by atoms with E-state index < -0.39 is 23.6 Å². The number of benzene rings is 1. The maximum Gasteiger partial charge on any atom is 0.269 e. The Balaban J connectivity index is 1.76. The van der Waals surface area contributed by atoms with Crippen LogP contribution in [-0.2, 0) is 20.9 Å². The molecule has 3 amide bonds. The van der Waals surface area contributed by atoms with E-state index in [1.165, 1.54) is 18.2 Å². The molecule has 1 unspecified atom stereocenters. The Morgan fingerprint density at radius 2 is 2.08 bits per heavy atom. The SMILES string of the molecule is COc1ccccc1CNC(=O)C1C(=O)N=C2C(C)=CC=CN2C1=O. The number of hydrogen-bond donors (Lipinski definition) is 1. The summed E-state index contributed by atoms with van der Waals surface area (Å²) in [5, 5.41) is 2.62. The first-order chi connectivity index (χ1) is 12.0. The Kier molecular flexibility index (Phi) is 4.47. The summed E-state index contributed by atoms with van der Waals surface area (Å²) in [7, 11) is 1.53. The first kappa shape index (κ1) is 16.6. The molecule has 0 spiro atoms. The lowest BCUT2D eigenvalue weighted by molar-refractivity contribution is -0.144. The minimum atomic E-state index is -1.48. The fourth-order valence-corrected chi connectivity index (χ4v) is 2.70. The van der Waals surface area contributed by atoms with Crippen LogP contribution in [0.2, 0.25) is 0 Å². The van der Waals surface area contributed by atoms with E-state index in [1.54, 1.807) is 31.2 Å². The molecule has 1 N–H and O–H groups in total. The molecule has 0 radical (unpaired) electrons. The number of amidine groups is 1. The number of allylic oxidation sites excluding steroid dienone is 2. The van der Waals surface area contributed by atoms with Gasteiger partial charge in [0.25, 0.3) is 11.8 Å². The molecule has 0 aliphatic carbocycles. The molecule has 3 rings (SSSR count). The molecule has 0 bridgehead atoms. The normalized spacial score (nSPS) is 19.1. The lowest BCUT2D eigenvalue weighted by Crippen LogP contribution is -2.51. The third-order valence-corrected chi connectivity index (χ3v) is 4.02. The van der Waals surface area contributed by atoms with Gasteiger partial charge < -0.3 is 10.1 Å². The molecule has 1 aromatic carbocycles. The van der Waals surface area contributed by atoms with Crippen molar-refractivity contribution in [3.05, 3.63) is 53.8 Å². The van der Waals surface area contributed by atoms with Crippen molar-refractivity contribution < 1.29 is 19.1 Å². The van der Waals surface area contributed by atoms with E-state index in [0.29, 0.717) is 11.3 Å². The lowest BCUT2D eigenvalue weighted by atomic mass is 10.0. The summed E-state index contributed by atoms with van der Waals surface area (Å²) < 4.78 is 5.22. The van der Waals surface area contributed by atoms with Gasteiger partial charge in [-0.25, -0.2) is 0 Å². The fraction of sp³-hybridized carbons (Fsp3) is 0.222. The maximum absolute atomic E-state index is 12.6. The molecule has 7 heteroatoms. The minimum Gasteiger partial charge on any atom is -0.496 e. The monoisotopic (exact) mass is 339 g/mol. The molecule has 2 heterocycles. The van der Waals surface area contributed by atoms with Crippen molar-refractivity contribution in [3.8, 4) is 5.75 Å². The van der Waals surface area contributed by atoms with Gasteiger partial charge in [-0.1, -0.05) is 24.3 Å². The summed E-state index contributed by atoms with van der Waals surface area (Å²) in [5.41, 5.74) is 1.44. The standard InChI is InChI=1S/C18H17N3O4/c1-11-6-5-9-21-15(11)20-17(23)14(18(21)24)16(22)19-10-12-7-3-4-8-13(12)25-2/h3-9,14H,10H2,1-2H3,(H,19,22). The zero-order valence-corrected chi connectivity index (χ0v) is 13.9. The zero-order valence-electron chi connectivity index (χ0n) is 13.9. The molecule has 1 aromatic rings. The highest BCUT2D eigenvalue weighted by atomic mass is 16.5. The number of carbonyl (C=O) groups excluding carboxylic acids is 3. The Morgan fingerprint density at radius 3 is 2.84 bits per heavy atom. The fourth-order valence-electron chi connectivity index (χ4n) is 2.70. The number of rotatable bonds is 4. The van der Waals surface area contributed by atoms with E-state index in [2.05, 4.69) is 10.3 Å². The second kappa shape index (κ2) is 6.72. The van der Waals surface area contributed by atoms with Gasteiger partial charge >= 0.3 is 0 Å². The number of aliphatic imine (C=N–C) groups is 1. The van der Waals surface area contributed by atoms with E-state index in [-0.39, 0.29) is 12.4 Å². The van der Waals surface area contributed by atoms with Crippen LogP contribution in [0.25, 0.3) is 0 Å². The van der Waals surface area contributed by atoms with Crippen LogP contribution in [0.5, 0.6) is 5.75 Å². The number of fused-ring (bicyclic) bond motifs is 1. The summed E-state index contributed by atoms with van der Waals surface area (Å²) >= 11 is 0. The molecule has 25 heavy (non-hydrogen) atoms. The predicted octanol–water partition coefficient (Wildman–Crippen LogP) is 1.17. The van der Waals surface area contributed by atoms with Crippen molar-refractivity contribution >= 4 is 23.6 Å². The predicted molar refractivity (Wildman–Crippen MR) is 90.5 cm³/mol. The van der Waals surface area contributed by atoms with E-state index in [4.69, 9.17) is 4.74 Å². The summed E-state index contributed by atoms with van der Waals surface area (Å²) in [6.45, 7) is 1.89. The minimum absolute atomic E-state index is 0.144. The number of nitrogens with one attached hydrogen (secondary N) is 1. The largest absolute Gasteiger partial charge is 0.496 e. The first-order valence-corrected chi connectivity index (χ1v) is 7.73. The van der Waals surface area contributed by atoms with Gasteiger partial charge in [0.05, 0.1) is 7.11 Å². The van der Waals surface area contributed by atoms with Crippen molar-refractivity contribution in [2.75, 3.05) is 7.11 Å². The van der Waals surface area contributed by atoms with Crippen LogP contribution in [0.4, 0.5) is 0 Å². The van der Waals surface area contributed by atoms with Gasteiger partial charge in [-0.15, -0.1) is 0 Å². The number of hydrogen-bond acceptors (Lipinski definition) is 4. The molecule has 0 aromatic heterocycles. The lowest BCUT2D eigenvalue weighted by Gasteiger charge is -2.29. The average Bonchev–Trinajstić information content (AvgIpc) is 2.61. The topological polar surface area (TPSA) is 88.1 Å². The smallest absolute Gasteiger partial charge is 0.269 e. The summed E-state index contributed by atoms with van der Waals surface area (Å²) in [6.07, 6.45) is 4.92. The highest BCUT2D eigenvalue weighted by Gasteiger charge is 2.42. The third-order valence-electron chi connectivity index (χ3n) is 4.02. The van der Waals surface area contributed by atoms with Gasteiger partial charge in [-0.2, -0.15) is 4.99 Å². The van der Waals surface area contributed by atoms with Gasteiger partial charge in [-0.05, 0) is 24.6 Å². The van der Waals surface area contributed by atoms with E-state index in [1.807, 2.05) is 12.1 Å². The Hall–Kier alpha value is -3.22. The van der Waals surface area contributed by atoms with E-state index in [0.717, 1.165) is 5.56 Å². The highest BCUT2D eigenvalue weighted by Crippen LogP contribution is 2.22. The maximum atomic E-state index is 12.6. The molecule has 1 atom stereocenters. The number of nitrogens with zero attached hydrogens (tertiary/aromatic N) is 2. The highest BCUT2D eigenvalue weighted by molar-refractivity contribution is 6.28. The molecule has 0 saturated heterocycles. The number of methoxy groups -OCH3 is 1. The van der Waals surface area contributed by atoms with E-state index >= 15 is 0 Å². The molecule has 0 saturated carbocycles. The molecule has 2 aliphatic rings. The van der Waals surface area contributed by atoms with Crippen LogP contribution >= 0.6 is 0 Å². The molecular weight excluding hydrogens is 322 g/mol. The Bertz CT molecular complexity index is 838. The van der Waals surface area contributed by atoms with Gasteiger partial charge in [0.1, 0.15) is 11.6 Å². The Morgan fingerprint density at radius 1 is 1.32 bits per heavy atom. The van der Waals surface area contributed by atoms with Crippen LogP contribution in [-0.4, -0.2) is 35.6 Å². The molecule has 128 valence electrons. The van der Waals surface area contributed by atoms with E-state index in [9.17, 15) is 14.4 Å². The van der Waals surface area contributed by atoms with Crippen LogP contribution in [0, 0.1) is 5.92 Å². The summed E-state index contributed by atoms with van der Waals surface area (Å²) in [4.78, 5) is 42.3. The van der Waals surface area contributed by atoms with Gasteiger partial charge in [0.15, 0.2) is 5.92 Å². The molecular formula is C18H17N3O4. The number of para-hydroxylation sites is 1. The zero-order chi connectivity index (χ0) is 18.0. The second-order valence-electron chi connectivity index (χ2n) is 5.64. The van der Waals surface area contributed by atoms with Crippen LogP contribution in [0.15, 0.2) is 53.2 Å². The molecule has 2 aliphatic heterocycles. The molecule has 0 fully saturated rings. The van der Waals surface area contributed by atoms with Crippen molar-refractivity contribution in [3.63, 3.8) is 0 Å².